The SMILES string of the molecule is Cc1ccc([N+](=O)[O-])cc1NC(=O)C(Sc1ccc(NC(=O)/C(=C/c2ccc(OCc3ccccc3)cc2)NC(=O)c2ccccc2)cc1)c1ccccc1. The van der Waals surface area contributed by atoms with Gasteiger partial charge in [0, 0.05) is 28.3 Å². The third-order valence-corrected chi connectivity index (χ3v) is 9.63. The maximum atomic E-state index is 13.7. The van der Waals surface area contributed by atoms with E-state index in [0.29, 0.717) is 40.4 Å². The standard InChI is InChI=1S/C44H36N4O6S/c1-30-17-22-36(48(52)53)28-39(30)46-44(51)41(33-13-7-3-8-14-33)55-38-25-20-35(21-26-38)45-43(50)40(47-42(49)34-15-9-4-10-16-34)27-31-18-23-37(24-19-31)54-29-32-11-5-2-6-12-32/h2-28,41H,29H2,1H3,(H,45,50)(H,46,51)(H,47,49)/b40-27-. The first-order valence-electron chi connectivity index (χ1n) is 17.3. The number of thioether (sulfide) groups is 1. The molecule has 0 aliphatic heterocycles. The van der Waals surface area contributed by atoms with Crippen molar-refractivity contribution in [3.8, 4) is 5.75 Å². The lowest BCUT2D eigenvalue weighted by Gasteiger charge is -2.18. The van der Waals surface area contributed by atoms with E-state index in [-0.39, 0.29) is 17.3 Å². The van der Waals surface area contributed by atoms with Crippen LogP contribution in [0.3, 0.4) is 0 Å². The number of carbonyl (C=O) groups is 3. The number of ether oxygens (including phenoxy) is 1. The number of hydrogen-bond acceptors (Lipinski definition) is 7. The van der Waals surface area contributed by atoms with E-state index in [1.54, 1.807) is 97.9 Å². The first kappa shape index (κ1) is 37.8. The molecule has 0 fully saturated rings. The van der Waals surface area contributed by atoms with Crippen LogP contribution in [-0.4, -0.2) is 22.6 Å². The van der Waals surface area contributed by atoms with Crippen LogP contribution < -0.4 is 20.7 Å². The summed E-state index contributed by atoms with van der Waals surface area (Å²) in [5, 5.41) is 19.2. The Morgan fingerprint density at radius 3 is 2.05 bits per heavy atom. The fourth-order valence-electron chi connectivity index (χ4n) is 5.42. The molecule has 6 aromatic rings. The molecule has 6 aromatic carbocycles. The molecule has 1 unspecified atom stereocenters. The largest absolute Gasteiger partial charge is 0.489 e. The summed E-state index contributed by atoms with van der Waals surface area (Å²) in [6.45, 7) is 2.18. The fourth-order valence-corrected chi connectivity index (χ4v) is 6.44. The summed E-state index contributed by atoms with van der Waals surface area (Å²) in [7, 11) is 0. The van der Waals surface area contributed by atoms with Gasteiger partial charge in [-0.2, -0.15) is 0 Å². The Morgan fingerprint density at radius 1 is 0.764 bits per heavy atom. The number of hydrogen-bond donors (Lipinski definition) is 3. The molecule has 6 rings (SSSR count). The Hall–Kier alpha value is -6.98. The lowest BCUT2D eigenvalue weighted by Crippen LogP contribution is -2.30. The zero-order valence-electron chi connectivity index (χ0n) is 29.7. The van der Waals surface area contributed by atoms with Crippen LogP contribution in [0.5, 0.6) is 5.75 Å². The monoisotopic (exact) mass is 748 g/mol. The molecule has 0 saturated carbocycles. The molecular weight excluding hydrogens is 713 g/mol. The molecule has 0 bridgehead atoms. The maximum absolute atomic E-state index is 13.7. The van der Waals surface area contributed by atoms with Crippen LogP contribution in [0.2, 0.25) is 0 Å². The molecule has 0 aromatic heterocycles. The summed E-state index contributed by atoms with van der Waals surface area (Å²) < 4.78 is 5.90. The highest BCUT2D eigenvalue weighted by atomic mass is 32.2. The van der Waals surface area contributed by atoms with Crippen molar-refractivity contribution in [3.63, 3.8) is 0 Å². The molecule has 3 N–H and O–H groups in total. The maximum Gasteiger partial charge on any atom is 0.272 e. The Morgan fingerprint density at radius 2 is 1.40 bits per heavy atom. The molecule has 11 heteroatoms. The van der Waals surface area contributed by atoms with E-state index in [0.717, 1.165) is 16.0 Å². The van der Waals surface area contributed by atoms with Crippen molar-refractivity contribution in [2.45, 2.75) is 23.7 Å². The van der Waals surface area contributed by atoms with Gasteiger partial charge < -0.3 is 20.7 Å². The first-order valence-corrected chi connectivity index (χ1v) is 18.1. The fraction of sp³-hybridized carbons (Fsp3) is 0.0682. The van der Waals surface area contributed by atoms with Gasteiger partial charge in [-0.3, -0.25) is 24.5 Å². The van der Waals surface area contributed by atoms with Crippen molar-refractivity contribution in [3.05, 3.63) is 201 Å². The Kier molecular flexibility index (Phi) is 12.5. The highest BCUT2D eigenvalue weighted by Gasteiger charge is 2.24. The predicted molar refractivity (Wildman–Crippen MR) is 216 cm³/mol. The van der Waals surface area contributed by atoms with Gasteiger partial charge in [0.2, 0.25) is 5.91 Å². The van der Waals surface area contributed by atoms with Crippen LogP contribution in [0.1, 0.15) is 37.9 Å². The van der Waals surface area contributed by atoms with E-state index in [2.05, 4.69) is 16.0 Å². The Balaban J connectivity index is 1.17. The van der Waals surface area contributed by atoms with Crippen LogP contribution in [0.15, 0.2) is 168 Å². The van der Waals surface area contributed by atoms with Crippen molar-refractivity contribution in [1.29, 1.82) is 0 Å². The number of rotatable bonds is 14. The minimum Gasteiger partial charge on any atom is -0.489 e. The molecule has 0 spiro atoms. The minimum absolute atomic E-state index is 0.0301. The second kappa shape index (κ2) is 18.2. The summed E-state index contributed by atoms with van der Waals surface area (Å²) >= 11 is 1.29. The molecule has 10 nitrogen and oxygen atoms in total. The van der Waals surface area contributed by atoms with Gasteiger partial charge in [-0.15, -0.1) is 11.8 Å². The lowest BCUT2D eigenvalue weighted by atomic mass is 10.1. The first-order chi connectivity index (χ1) is 26.7. The molecule has 0 heterocycles. The second-order valence-electron chi connectivity index (χ2n) is 12.4. The van der Waals surface area contributed by atoms with E-state index in [9.17, 15) is 24.5 Å². The van der Waals surface area contributed by atoms with Crippen molar-refractivity contribution in [2.75, 3.05) is 10.6 Å². The van der Waals surface area contributed by atoms with E-state index in [1.807, 2.05) is 60.7 Å². The van der Waals surface area contributed by atoms with Gasteiger partial charge in [-0.05, 0) is 83.8 Å². The summed E-state index contributed by atoms with van der Waals surface area (Å²) in [4.78, 5) is 52.1. The minimum atomic E-state index is -0.696. The summed E-state index contributed by atoms with van der Waals surface area (Å²) in [5.41, 5.74) is 4.26. The average Bonchev–Trinajstić information content (AvgIpc) is 3.21. The van der Waals surface area contributed by atoms with Crippen LogP contribution in [0, 0.1) is 17.0 Å². The number of non-ortho nitro benzene ring substituents is 1. The van der Waals surface area contributed by atoms with Crippen LogP contribution in [0.4, 0.5) is 17.1 Å². The van der Waals surface area contributed by atoms with Gasteiger partial charge >= 0.3 is 0 Å². The molecule has 0 aliphatic carbocycles. The van der Waals surface area contributed by atoms with E-state index < -0.39 is 22.0 Å². The number of aryl methyl sites for hydroxylation is 1. The Bertz CT molecular complexity index is 2300. The second-order valence-corrected chi connectivity index (χ2v) is 13.5. The van der Waals surface area contributed by atoms with Gasteiger partial charge in [-0.1, -0.05) is 97.1 Å². The van der Waals surface area contributed by atoms with Crippen LogP contribution >= 0.6 is 11.8 Å². The number of benzene rings is 6. The molecular formula is C44H36N4O6S. The molecule has 0 radical (unpaired) electrons. The quantitative estimate of drug-likeness (QED) is 0.0437. The zero-order valence-corrected chi connectivity index (χ0v) is 30.5. The van der Waals surface area contributed by atoms with E-state index >= 15 is 0 Å². The summed E-state index contributed by atoms with van der Waals surface area (Å²) in [6, 6.07) is 46.1. The zero-order chi connectivity index (χ0) is 38.6. The normalized spacial score (nSPS) is 11.5. The van der Waals surface area contributed by atoms with Crippen LogP contribution in [-0.2, 0) is 16.2 Å². The van der Waals surface area contributed by atoms with Gasteiger partial charge in [-0.25, -0.2) is 0 Å². The number of nitro groups is 1. The van der Waals surface area contributed by atoms with Crippen LogP contribution in [0.25, 0.3) is 6.08 Å². The highest BCUT2D eigenvalue weighted by Crippen LogP contribution is 2.37. The number of carbonyl (C=O) groups excluding carboxylic acids is 3. The smallest absolute Gasteiger partial charge is 0.272 e. The van der Waals surface area contributed by atoms with E-state index in [4.69, 9.17) is 4.74 Å². The van der Waals surface area contributed by atoms with Crippen molar-refractivity contribution in [1.82, 2.24) is 5.32 Å². The van der Waals surface area contributed by atoms with Crippen molar-refractivity contribution < 1.29 is 24.0 Å². The van der Waals surface area contributed by atoms with Gasteiger partial charge in [0.1, 0.15) is 23.3 Å². The van der Waals surface area contributed by atoms with Gasteiger partial charge in [0.15, 0.2) is 0 Å². The number of nitrogens with one attached hydrogen (secondary N) is 3. The van der Waals surface area contributed by atoms with Gasteiger partial charge in [0.25, 0.3) is 17.5 Å². The third kappa shape index (κ3) is 10.6. The molecule has 274 valence electrons. The summed E-state index contributed by atoms with van der Waals surface area (Å²) in [5.74, 6) is -0.675. The average molecular weight is 749 g/mol. The molecule has 55 heavy (non-hydrogen) atoms. The number of anilines is 2. The Labute approximate surface area is 322 Å². The summed E-state index contributed by atoms with van der Waals surface area (Å²) in [6.07, 6.45) is 1.59. The third-order valence-electron chi connectivity index (χ3n) is 8.36. The van der Waals surface area contributed by atoms with Crippen molar-refractivity contribution in [2.24, 2.45) is 0 Å². The highest BCUT2D eigenvalue weighted by molar-refractivity contribution is 8.00. The molecule has 0 aliphatic rings. The van der Waals surface area contributed by atoms with E-state index in [1.165, 1.54) is 23.9 Å². The predicted octanol–water partition coefficient (Wildman–Crippen LogP) is 9.36. The van der Waals surface area contributed by atoms with Crippen molar-refractivity contribution >= 4 is 52.6 Å². The molecule has 1 atom stereocenters. The molecule has 0 saturated heterocycles. The number of nitro benzene ring substituents is 1. The topological polar surface area (TPSA) is 140 Å². The number of amides is 3. The molecule has 3 amide bonds. The lowest BCUT2D eigenvalue weighted by molar-refractivity contribution is -0.384. The van der Waals surface area contributed by atoms with Gasteiger partial charge in [0.05, 0.1) is 10.6 Å². The number of nitrogens with zero attached hydrogens (tertiary/aromatic N) is 1.